The maximum atomic E-state index is 13.0. The van der Waals surface area contributed by atoms with Crippen molar-refractivity contribution in [3.8, 4) is 5.75 Å². The molecule has 2 aromatic carbocycles. The molecule has 0 fully saturated rings. The number of phenolic OH excluding ortho intramolecular Hbond substituents is 1. The van der Waals surface area contributed by atoms with Gasteiger partial charge in [0.1, 0.15) is 5.75 Å². The smallest absolute Gasteiger partial charge is 0.336 e. The summed E-state index contributed by atoms with van der Waals surface area (Å²) in [7, 11) is 0. The number of allylic oxidation sites excluding steroid dienone is 2. The number of non-ortho nitro benzene ring substituents is 1. The molecule has 3 N–H and O–H groups in total. The lowest BCUT2D eigenvalue weighted by Crippen LogP contribution is -2.37. The summed E-state index contributed by atoms with van der Waals surface area (Å²) in [6, 6.07) is 11.3. The lowest BCUT2D eigenvalue weighted by Gasteiger charge is -2.32. The summed E-state index contributed by atoms with van der Waals surface area (Å²) in [5.74, 6) is -3.75. The number of hydrogen-bond donors (Lipinski definition) is 3. The monoisotopic (exact) mass is 494 g/mol. The van der Waals surface area contributed by atoms with Crippen LogP contribution in [0.2, 0.25) is 0 Å². The first-order valence-corrected chi connectivity index (χ1v) is 11.0. The average molecular weight is 494 g/mol. The van der Waals surface area contributed by atoms with Crippen LogP contribution in [-0.4, -0.2) is 34.5 Å². The van der Waals surface area contributed by atoms with Gasteiger partial charge in [-0.05, 0) is 50.1 Å². The Morgan fingerprint density at radius 3 is 2.39 bits per heavy atom. The summed E-state index contributed by atoms with van der Waals surface area (Å²) in [5.41, 5.74) is 0.793. The summed E-state index contributed by atoms with van der Waals surface area (Å²) < 4.78 is 5.34. The van der Waals surface area contributed by atoms with Crippen molar-refractivity contribution in [2.24, 2.45) is 0 Å². The lowest BCUT2D eigenvalue weighted by molar-refractivity contribution is -0.384. The molecule has 0 saturated heterocycles. The number of aromatic hydroxyl groups is 1. The second-order valence-corrected chi connectivity index (χ2v) is 8.11. The summed E-state index contributed by atoms with van der Waals surface area (Å²) in [6.45, 7) is 2.96. The van der Waals surface area contributed by atoms with Crippen LogP contribution in [0.15, 0.2) is 71.1 Å². The van der Waals surface area contributed by atoms with Gasteiger partial charge in [-0.3, -0.25) is 14.9 Å². The minimum Gasteiger partial charge on any atom is -0.545 e. The van der Waals surface area contributed by atoms with Gasteiger partial charge in [-0.15, -0.1) is 0 Å². The van der Waals surface area contributed by atoms with Gasteiger partial charge in [0.2, 0.25) is 5.91 Å². The highest BCUT2D eigenvalue weighted by molar-refractivity contribution is 5.98. The van der Waals surface area contributed by atoms with E-state index in [9.17, 15) is 34.7 Å². The Kier molecular flexibility index (Phi) is 8.05. The van der Waals surface area contributed by atoms with Gasteiger partial charge in [-0.2, -0.15) is 0 Å². The summed E-state index contributed by atoms with van der Waals surface area (Å²) in [4.78, 5) is 47.8. The van der Waals surface area contributed by atoms with Crippen molar-refractivity contribution in [1.82, 2.24) is 5.32 Å². The maximum absolute atomic E-state index is 13.0. The molecule has 0 aromatic heterocycles. The van der Waals surface area contributed by atoms with Gasteiger partial charge in [-0.1, -0.05) is 12.1 Å². The second kappa shape index (κ2) is 11.2. The number of anilines is 1. The van der Waals surface area contributed by atoms with Crippen LogP contribution in [0.5, 0.6) is 5.75 Å². The van der Waals surface area contributed by atoms with Crippen molar-refractivity contribution >= 4 is 29.2 Å². The topological polar surface area (TPSA) is 171 Å². The number of phenols is 1. The van der Waals surface area contributed by atoms with E-state index in [1.807, 2.05) is 0 Å². The van der Waals surface area contributed by atoms with Crippen LogP contribution >= 0.6 is 0 Å². The molecule has 36 heavy (non-hydrogen) atoms. The fraction of sp³-hybridized carbons (Fsp3) is 0.240. The number of benzene rings is 2. The van der Waals surface area contributed by atoms with Crippen molar-refractivity contribution in [3.63, 3.8) is 0 Å². The van der Waals surface area contributed by atoms with Gasteiger partial charge in [0.25, 0.3) is 5.69 Å². The van der Waals surface area contributed by atoms with Crippen molar-refractivity contribution in [2.45, 2.75) is 32.6 Å². The van der Waals surface area contributed by atoms with Crippen molar-refractivity contribution in [3.05, 3.63) is 86.7 Å². The van der Waals surface area contributed by atoms with Gasteiger partial charge < -0.3 is 30.4 Å². The molecule has 1 unspecified atom stereocenters. The molecular formula is C25H24N3O8-. The Balaban J connectivity index is 1.73. The normalized spacial score (nSPS) is 15.2. The average Bonchev–Trinajstić information content (AvgIpc) is 2.82. The second-order valence-electron chi connectivity index (χ2n) is 8.11. The van der Waals surface area contributed by atoms with E-state index in [0.29, 0.717) is 11.4 Å². The Bertz CT molecular complexity index is 1260. The summed E-state index contributed by atoms with van der Waals surface area (Å²) in [6.07, 6.45) is 0.237. The number of ether oxygens (including phenoxy) is 1. The summed E-state index contributed by atoms with van der Waals surface area (Å²) >= 11 is 0. The molecule has 0 saturated carbocycles. The standard InChI is InChI=1S/C25H25N3O8/c1-14-21(24(31)32)23(16-5-3-6-18(13-16)28(34)35)22(15(2)26-14)25(33)36-12-4-7-20(30)27-17-8-10-19(29)11-9-17/h3,5-6,8-11,13,23,26,29H,4,7,12H2,1-2H3,(H,27,30)(H,31,32)/p-1. The lowest BCUT2D eigenvalue weighted by atomic mass is 9.80. The van der Waals surface area contributed by atoms with Crippen LogP contribution < -0.4 is 15.7 Å². The number of hydrogen-bond acceptors (Lipinski definition) is 9. The van der Waals surface area contributed by atoms with Crippen LogP contribution in [0, 0.1) is 10.1 Å². The van der Waals surface area contributed by atoms with Gasteiger partial charge in [0.15, 0.2) is 0 Å². The highest BCUT2D eigenvalue weighted by Gasteiger charge is 2.35. The Labute approximate surface area is 206 Å². The predicted octanol–water partition coefficient (Wildman–Crippen LogP) is 2.25. The number of nitro benzene ring substituents is 1. The van der Waals surface area contributed by atoms with Crippen molar-refractivity contribution < 1.29 is 34.3 Å². The van der Waals surface area contributed by atoms with Crippen LogP contribution in [-0.2, 0) is 19.1 Å². The molecule has 1 heterocycles. The van der Waals surface area contributed by atoms with Gasteiger partial charge in [0, 0.05) is 47.1 Å². The van der Waals surface area contributed by atoms with Crippen LogP contribution in [0.25, 0.3) is 0 Å². The van der Waals surface area contributed by atoms with E-state index in [1.54, 1.807) is 6.92 Å². The number of nitro groups is 1. The number of carboxylic acid groups (broad SMARTS) is 1. The maximum Gasteiger partial charge on any atom is 0.336 e. The number of carbonyl (C=O) groups excluding carboxylic acids is 3. The molecule has 1 amide bonds. The number of rotatable bonds is 9. The Morgan fingerprint density at radius 2 is 1.75 bits per heavy atom. The zero-order valence-corrected chi connectivity index (χ0v) is 19.6. The van der Waals surface area contributed by atoms with Crippen LogP contribution in [0.4, 0.5) is 11.4 Å². The van der Waals surface area contributed by atoms with E-state index in [4.69, 9.17) is 4.74 Å². The first kappa shape index (κ1) is 25.9. The van der Waals surface area contributed by atoms with Crippen molar-refractivity contribution in [1.29, 1.82) is 0 Å². The first-order valence-electron chi connectivity index (χ1n) is 11.0. The molecule has 11 nitrogen and oxygen atoms in total. The number of carboxylic acids is 1. The third kappa shape index (κ3) is 6.06. The largest absolute Gasteiger partial charge is 0.545 e. The Hall–Kier alpha value is -4.67. The van der Waals surface area contributed by atoms with E-state index >= 15 is 0 Å². The number of amides is 1. The first-order chi connectivity index (χ1) is 17.1. The van der Waals surface area contributed by atoms with Crippen LogP contribution in [0.3, 0.4) is 0 Å². The fourth-order valence-electron chi connectivity index (χ4n) is 3.93. The zero-order chi connectivity index (χ0) is 26.4. The van der Waals surface area contributed by atoms with E-state index in [2.05, 4.69) is 10.6 Å². The molecule has 1 aliphatic rings. The van der Waals surface area contributed by atoms with Gasteiger partial charge >= 0.3 is 5.97 Å². The highest BCUT2D eigenvalue weighted by Crippen LogP contribution is 2.39. The van der Waals surface area contributed by atoms with E-state index in [1.165, 1.54) is 55.5 Å². The molecular weight excluding hydrogens is 470 g/mol. The number of nitrogens with zero attached hydrogens (tertiary/aromatic N) is 1. The Morgan fingerprint density at radius 1 is 1.08 bits per heavy atom. The number of dihydropyridines is 1. The fourth-order valence-corrected chi connectivity index (χ4v) is 3.93. The van der Waals surface area contributed by atoms with Gasteiger partial charge in [0.05, 0.1) is 23.1 Å². The third-order valence-electron chi connectivity index (χ3n) is 5.55. The number of esters is 1. The number of aliphatic carboxylic acids is 1. The van der Waals surface area contributed by atoms with Crippen LogP contribution in [0.1, 0.15) is 38.2 Å². The number of nitrogens with one attached hydrogen (secondary N) is 2. The molecule has 2 aromatic rings. The molecule has 0 spiro atoms. The quantitative estimate of drug-likeness (QED) is 0.155. The SMILES string of the molecule is CC1=C(C(=O)[O-])C(c2cccc([N+](=O)[O-])c2)C(C(=O)OCCCC(=O)Nc2ccc(O)cc2)=C(C)N1. The molecule has 188 valence electrons. The zero-order valence-electron chi connectivity index (χ0n) is 19.6. The molecule has 1 atom stereocenters. The van der Waals surface area contributed by atoms with E-state index in [-0.39, 0.29) is 59.2 Å². The molecule has 1 aliphatic heterocycles. The molecule has 3 rings (SSSR count). The molecule has 0 bridgehead atoms. The predicted molar refractivity (Wildman–Crippen MR) is 126 cm³/mol. The summed E-state index contributed by atoms with van der Waals surface area (Å²) in [5, 5.41) is 38.0. The number of carbonyl (C=O) groups is 3. The van der Waals surface area contributed by atoms with Crippen molar-refractivity contribution in [2.75, 3.05) is 11.9 Å². The molecule has 0 radical (unpaired) electrons. The minimum atomic E-state index is -1.53. The highest BCUT2D eigenvalue weighted by atomic mass is 16.6. The van der Waals surface area contributed by atoms with E-state index in [0.717, 1.165) is 0 Å². The van der Waals surface area contributed by atoms with E-state index < -0.39 is 22.8 Å². The third-order valence-corrected chi connectivity index (χ3v) is 5.55. The minimum absolute atomic E-state index is 0.0196. The van der Waals surface area contributed by atoms with Gasteiger partial charge in [-0.25, -0.2) is 4.79 Å². The molecule has 11 heteroatoms. The molecule has 0 aliphatic carbocycles.